The molecular weight excluding hydrogens is 418 g/mol. The van der Waals surface area contributed by atoms with Crippen LogP contribution < -0.4 is 0 Å². The molecule has 1 saturated heterocycles. The molecule has 3 heteroatoms. The van der Waals surface area contributed by atoms with E-state index in [1.54, 1.807) is 0 Å². The molecule has 3 nitrogen and oxygen atoms in total. The van der Waals surface area contributed by atoms with E-state index in [1.807, 2.05) is 5.06 Å². The average Bonchev–Trinajstić information content (AvgIpc) is 2.77. The number of unbranched alkanes of at least 4 members (excludes halogenated alkanes) is 18. The molecule has 0 saturated carbocycles. The van der Waals surface area contributed by atoms with Gasteiger partial charge in [0.15, 0.2) is 0 Å². The maximum absolute atomic E-state index is 12.4. The Bertz CT molecular complexity index is 484. The van der Waals surface area contributed by atoms with Crippen LogP contribution >= 0.6 is 0 Å². The lowest BCUT2D eigenvalue weighted by molar-refractivity contribution is -0.265. The van der Waals surface area contributed by atoms with Crippen LogP contribution in [0, 0.1) is 0 Å². The molecule has 0 bridgehead atoms. The highest BCUT2D eigenvalue weighted by Gasteiger charge is 2.44. The lowest BCUT2D eigenvalue weighted by Gasteiger charge is -2.50. The van der Waals surface area contributed by atoms with Gasteiger partial charge in [-0.15, -0.1) is 5.06 Å². The van der Waals surface area contributed by atoms with Crippen molar-refractivity contribution in [3.05, 3.63) is 0 Å². The lowest BCUT2D eigenvalue weighted by Crippen LogP contribution is -2.58. The second-order valence-electron chi connectivity index (χ2n) is 12.4. The first-order valence-corrected chi connectivity index (χ1v) is 15.3. The summed E-state index contributed by atoms with van der Waals surface area (Å²) >= 11 is 0. The third-order valence-electron chi connectivity index (χ3n) is 7.85. The van der Waals surface area contributed by atoms with E-state index >= 15 is 0 Å². The number of hydroxylamine groups is 2. The lowest BCUT2D eigenvalue weighted by atomic mass is 9.82. The van der Waals surface area contributed by atoms with Gasteiger partial charge in [-0.2, -0.15) is 0 Å². The molecule has 0 spiro atoms. The summed E-state index contributed by atoms with van der Waals surface area (Å²) < 4.78 is 0. The van der Waals surface area contributed by atoms with Crippen molar-refractivity contribution in [3.8, 4) is 0 Å². The quantitative estimate of drug-likeness (QED) is 0.153. The number of nitrogens with zero attached hydrogens (tertiary/aromatic N) is 1. The van der Waals surface area contributed by atoms with Gasteiger partial charge in [0.2, 0.25) is 0 Å². The largest absolute Gasteiger partial charge is 0.367 e. The second-order valence-corrected chi connectivity index (χ2v) is 12.4. The number of carbonyl (C=O) groups is 1. The van der Waals surface area contributed by atoms with Crippen LogP contribution in [0.2, 0.25) is 0 Å². The van der Waals surface area contributed by atoms with Crippen molar-refractivity contribution in [1.29, 1.82) is 0 Å². The maximum Gasteiger partial charge on any atom is 0.325 e. The van der Waals surface area contributed by atoms with E-state index in [0.717, 1.165) is 25.7 Å². The first kappa shape index (κ1) is 31.5. The van der Waals surface area contributed by atoms with Crippen molar-refractivity contribution in [1.82, 2.24) is 5.06 Å². The van der Waals surface area contributed by atoms with Gasteiger partial charge < -0.3 is 4.84 Å². The normalized spacial score (nSPS) is 17.7. The van der Waals surface area contributed by atoms with Crippen molar-refractivity contribution in [2.45, 2.75) is 193 Å². The zero-order chi connectivity index (χ0) is 25.1. The van der Waals surface area contributed by atoms with Crippen LogP contribution in [0.4, 0.5) is 0 Å². The van der Waals surface area contributed by atoms with E-state index in [9.17, 15) is 4.79 Å². The van der Waals surface area contributed by atoms with Crippen LogP contribution in [0.5, 0.6) is 0 Å². The molecule has 0 aromatic heterocycles. The highest BCUT2D eigenvalue weighted by atomic mass is 16.7. The van der Waals surface area contributed by atoms with Gasteiger partial charge in [-0.1, -0.05) is 122 Å². The Morgan fingerprint density at radius 1 is 0.588 bits per heavy atom. The Labute approximate surface area is 214 Å². The number of piperidine rings is 1. The summed E-state index contributed by atoms with van der Waals surface area (Å²) in [6.07, 6.45) is 30.0. The summed E-state index contributed by atoms with van der Waals surface area (Å²) in [5.74, 6) is -0.0463. The van der Waals surface area contributed by atoms with Crippen molar-refractivity contribution >= 4 is 5.97 Å². The fourth-order valence-electron chi connectivity index (χ4n) is 5.72. The van der Waals surface area contributed by atoms with Crippen LogP contribution in [0.15, 0.2) is 0 Å². The summed E-state index contributed by atoms with van der Waals surface area (Å²) in [5.41, 5.74) is -0.129. The van der Waals surface area contributed by atoms with Crippen molar-refractivity contribution < 1.29 is 9.63 Å². The topological polar surface area (TPSA) is 29.5 Å². The molecule has 0 aromatic carbocycles. The number of carbonyl (C=O) groups excluding carboxylic acids is 1. The minimum atomic E-state index is -0.0645. The molecule has 1 aliphatic rings. The summed E-state index contributed by atoms with van der Waals surface area (Å²) in [5, 5.41) is 1.99. The van der Waals surface area contributed by atoms with Crippen LogP contribution in [0.1, 0.15) is 182 Å². The molecule has 202 valence electrons. The molecule has 34 heavy (non-hydrogen) atoms. The molecule has 0 atom stereocenters. The van der Waals surface area contributed by atoms with Crippen LogP contribution in [0.3, 0.4) is 0 Å². The molecule has 0 unspecified atom stereocenters. The van der Waals surface area contributed by atoms with Gasteiger partial charge in [-0.25, -0.2) is 0 Å². The van der Waals surface area contributed by atoms with Gasteiger partial charge in [0.25, 0.3) is 0 Å². The first-order chi connectivity index (χ1) is 16.3. The molecule has 1 aliphatic heterocycles. The zero-order valence-electron chi connectivity index (χ0n) is 24.0. The third-order valence-corrected chi connectivity index (χ3v) is 7.85. The molecule has 1 fully saturated rings. The minimum absolute atomic E-state index is 0.0463. The monoisotopic (exact) mass is 479 g/mol. The molecule has 0 amide bonds. The van der Waals surface area contributed by atoms with Crippen LogP contribution in [0.25, 0.3) is 0 Å². The van der Waals surface area contributed by atoms with E-state index in [0.29, 0.717) is 6.42 Å². The fourth-order valence-corrected chi connectivity index (χ4v) is 5.72. The molecule has 0 radical (unpaired) electrons. The summed E-state index contributed by atoms with van der Waals surface area (Å²) in [4.78, 5) is 18.3. The highest BCUT2D eigenvalue weighted by Crippen LogP contribution is 2.38. The third kappa shape index (κ3) is 14.7. The van der Waals surface area contributed by atoms with Gasteiger partial charge in [-0.3, -0.25) is 4.79 Å². The first-order valence-electron chi connectivity index (χ1n) is 15.3. The zero-order valence-corrected chi connectivity index (χ0v) is 24.0. The number of hydrogen-bond acceptors (Lipinski definition) is 3. The molecule has 1 rings (SSSR count). The van der Waals surface area contributed by atoms with Crippen molar-refractivity contribution in [2.75, 3.05) is 0 Å². The molecule has 0 aliphatic carbocycles. The molecular formula is C31H61NO2. The van der Waals surface area contributed by atoms with E-state index in [4.69, 9.17) is 4.84 Å². The Morgan fingerprint density at radius 2 is 0.912 bits per heavy atom. The minimum Gasteiger partial charge on any atom is -0.367 e. The average molecular weight is 480 g/mol. The van der Waals surface area contributed by atoms with Crippen LogP contribution in [-0.2, 0) is 9.63 Å². The molecule has 0 N–H and O–H groups in total. The smallest absolute Gasteiger partial charge is 0.325 e. The van der Waals surface area contributed by atoms with Gasteiger partial charge in [0, 0.05) is 6.42 Å². The predicted molar refractivity (Wildman–Crippen MR) is 148 cm³/mol. The second kappa shape index (κ2) is 18.7. The Morgan fingerprint density at radius 3 is 1.26 bits per heavy atom. The summed E-state index contributed by atoms with van der Waals surface area (Å²) in [6.45, 7) is 11.1. The number of rotatable bonds is 21. The van der Waals surface area contributed by atoms with Gasteiger partial charge in [-0.05, 0) is 53.4 Å². The van der Waals surface area contributed by atoms with Gasteiger partial charge in [0.05, 0.1) is 11.1 Å². The van der Waals surface area contributed by atoms with E-state index < -0.39 is 0 Å². The SMILES string of the molecule is CCCCCCCCCCCCCCCCCCCCCC(=O)ON1C(C)(C)CCCC1(C)C. The Balaban J connectivity index is 1.86. The summed E-state index contributed by atoms with van der Waals surface area (Å²) in [6, 6.07) is 0. The number of hydrogen-bond donors (Lipinski definition) is 0. The maximum atomic E-state index is 12.4. The Kier molecular flexibility index (Phi) is 17.3. The fraction of sp³-hybridized carbons (Fsp3) is 0.968. The standard InChI is InChI=1S/C31H61NO2/c1-6-7-8-9-10-11-12-13-14-15-16-17-18-19-20-21-22-23-24-26-29(33)34-32-30(2,3)27-25-28-31(32,4)5/h6-28H2,1-5H3. The molecule has 0 aromatic rings. The van der Waals surface area contributed by atoms with Gasteiger partial charge in [0.1, 0.15) is 0 Å². The predicted octanol–water partition coefficient (Wildman–Crippen LogP) is 10.3. The molecule has 1 heterocycles. The van der Waals surface area contributed by atoms with Crippen LogP contribution in [-0.4, -0.2) is 22.1 Å². The van der Waals surface area contributed by atoms with Crippen molar-refractivity contribution in [2.24, 2.45) is 0 Å². The van der Waals surface area contributed by atoms with Gasteiger partial charge >= 0.3 is 5.97 Å². The summed E-state index contributed by atoms with van der Waals surface area (Å²) in [7, 11) is 0. The van der Waals surface area contributed by atoms with E-state index in [2.05, 4.69) is 34.6 Å². The van der Waals surface area contributed by atoms with Crippen molar-refractivity contribution in [3.63, 3.8) is 0 Å². The van der Waals surface area contributed by atoms with E-state index in [1.165, 1.54) is 116 Å². The highest BCUT2D eigenvalue weighted by molar-refractivity contribution is 5.69. The van der Waals surface area contributed by atoms with E-state index in [-0.39, 0.29) is 17.0 Å². The Hall–Kier alpha value is -0.570.